The van der Waals surface area contributed by atoms with Crippen LogP contribution >= 0.6 is 11.8 Å². The molecule has 16 heavy (non-hydrogen) atoms. The average molecular weight is 241 g/mol. The third kappa shape index (κ3) is 5.56. The van der Waals surface area contributed by atoms with E-state index in [1.54, 1.807) is 0 Å². The topological polar surface area (TPSA) is 29.9 Å². The van der Waals surface area contributed by atoms with Crippen molar-refractivity contribution in [3.63, 3.8) is 0 Å². The summed E-state index contributed by atoms with van der Waals surface area (Å²) in [6.07, 6.45) is 6.50. The van der Waals surface area contributed by atoms with Crippen molar-refractivity contribution in [2.24, 2.45) is 0 Å². The van der Waals surface area contributed by atoms with Gasteiger partial charge in [-0.2, -0.15) is 11.8 Å². The van der Waals surface area contributed by atoms with Gasteiger partial charge >= 0.3 is 0 Å². The van der Waals surface area contributed by atoms with Gasteiger partial charge in [0.1, 0.15) is 0 Å². The number of nitrogens with zero attached hydrogens (tertiary/aromatic N) is 2. The number of aromatic nitrogens is 2. The zero-order chi connectivity index (χ0) is 11.6. The molecule has 0 aliphatic heterocycles. The van der Waals surface area contributed by atoms with Gasteiger partial charge in [-0.25, -0.2) is 4.98 Å². The number of rotatable bonds is 9. The maximum Gasteiger partial charge on any atom is 0.0949 e. The molecule has 0 bridgehead atoms. The van der Waals surface area contributed by atoms with Gasteiger partial charge in [-0.05, 0) is 30.9 Å². The van der Waals surface area contributed by atoms with Crippen LogP contribution in [0.3, 0.4) is 0 Å². The monoisotopic (exact) mass is 241 g/mol. The van der Waals surface area contributed by atoms with Gasteiger partial charge in [0.15, 0.2) is 0 Å². The van der Waals surface area contributed by atoms with E-state index >= 15 is 0 Å². The second-order valence-electron chi connectivity index (χ2n) is 3.83. The molecular formula is C12H23N3S. The van der Waals surface area contributed by atoms with E-state index in [4.69, 9.17) is 0 Å². The van der Waals surface area contributed by atoms with E-state index in [1.807, 2.05) is 18.1 Å². The Kier molecular flexibility index (Phi) is 7.34. The molecule has 1 heterocycles. The maximum absolute atomic E-state index is 4.38. The predicted octanol–water partition coefficient (Wildman–Crippen LogP) is 2.53. The largest absolute Gasteiger partial charge is 0.337 e. The van der Waals surface area contributed by atoms with Crippen LogP contribution in [0.25, 0.3) is 0 Å². The average Bonchev–Trinajstić information content (AvgIpc) is 2.73. The van der Waals surface area contributed by atoms with E-state index in [1.165, 1.54) is 24.3 Å². The number of hydrogen-bond donors (Lipinski definition) is 1. The summed E-state index contributed by atoms with van der Waals surface area (Å²) in [5, 5.41) is 3.36. The van der Waals surface area contributed by atoms with Gasteiger partial charge in [-0.15, -0.1) is 0 Å². The fraction of sp³-hybridized carbons (Fsp3) is 0.750. The Labute approximate surface area is 103 Å². The molecular weight excluding hydrogens is 218 g/mol. The van der Waals surface area contributed by atoms with Crippen LogP contribution in [-0.4, -0.2) is 27.6 Å². The third-order valence-electron chi connectivity index (χ3n) is 2.33. The number of thioether (sulfide) groups is 1. The van der Waals surface area contributed by atoms with E-state index in [0.29, 0.717) is 0 Å². The fourth-order valence-corrected chi connectivity index (χ4v) is 2.13. The second-order valence-corrected chi connectivity index (χ2v) is 5.22. The van der Waals surface area contributed by atoms with Crippen molar-refractivity contribution in [2.75, 3.05) is 18.1 Å². The lowest BCUT2D eigenvalue weighted by Crippen LogP contribution is -2.13. The molecule has 0 amide bonds. The first kappa shape index (κ1) is 13.6. The van der Waals surface area contributed by atoms with Crippen LogP contribution in [0, 0.1) is 0 Å². The van der Waals surface area contributed by atoms with Crippen LogP contribution in [0.1, 0.15) is 32.4 Å². The molecule has 0 fully saturated rings. The molecule has 0 saturated heterocycles. The van der Waals surface area contributed by atoms with Crippen LogP contribution in [-0.2, 0) is 13.1 Å². The van der Waals surface area contributed by atoms with Gasteiger partial charge in [-0.1, -0.05) is 13.8 Å². The molecule has 92 valence electrons. The highest BCUT2D eigenvalue weighted by atomic mass is 32.2. The summed E-state index contributed by atoms with van der Waals surface area (Å²) in [4.78, 5) is 4.38. The molecule has 0 atom stereocenters. The van der Waals surface area contributed by atoms with Gasteiger partial charge in [0, 0.05) is 19.3 Å². The molecule has 0 unspecified atom stereocenters. The molecule has 0 saturated carbocycles. The summed E-state index contributed by atoms with van der Waals surface area (Å²) in [5.74, 6) is 2.47. The van der Waals surface area contributed by atoms with Crippen molar-refractivity contribution in [1.82, 2.24) is 14.9 Å². The van der Waals surface area contributed by atoms with Gasteiger partial charge < -0.3 is 9.88 Å². The Balaban J connectivity index is 2.17. The van der Waals surface area contributed by atoms with E-state index in [0.717, 1.165) is 25.3 Å². The zero-order valence-electron chi connectivity index (χ0n) is 10.4. The second kappa shape index (κ2) is 8.65. The Morgan fingerprint density at radius 2 is 2.31 bits per heavy atom. The van der Waals surface area contributed by atoms with Gasteiger partial charge in [0.2, 0.25) is 0 Å². The Hall–Kier alpha value is -0.480. The normalized spacial score (nSPS) is 10.9. The standard InChI is InChI=1S/C12H23N3S/c1-3-6-13-9-12-10-15(11-14-12)7-5-8-16-4-2/h10-11,13H,3-9H2,1-2H3. The van der Waals surface area contributed by atoms with Crippen LogP contribution in [0.4, 0.5) is 0 Å². The molecule has 0 spiro atoms. The zero-order valence-corrected chi connectivity index (χ0v) is 11.2. The Morgan fingerprint density at radius 1 is 1.44 bits per heavy atom. The lowest BCUT2D eigenvalue weighted by Gasteiger charge is -2.01. The summed E-state index contributed by atoms with van der Waals surface area (Å²) in [6, 6.07) is 0. The molecule has 4 heteroatoms. The van der Waals surface area contributed by atoms with Crippen LogP contribution in [0.5, 0.6) is 0 Å². The highest BCUT2D eigenvalue weighted by molar-refractivity contribution is 7.99. The summed E-state index contributed by atoms with van der Waals surface area (Å²) in [7, 11) is 0. The molecule has 0 radical (unpaired) electrons. The molecule has 0 aliphatic carbocycles. The van der Waals surface area contributed by atoms with Crippen molar-refractivity contribution >= 4 is 11.8 Å². The SMILES string of the molecule is CCCNCc1cn(CCCSCC)cn1. The summed E-state index contributed by atoms with van der Waals surface area (Å²) in [6.45, 7) is 7.44. The van der Waals surface area contributed by atoms with Crippen molar-refractivity contribution in [3.8, 4) is 0 Å². The highest BCUT2D eigenvalue weighted by Gasteiger charge is 1.97. The Morgan fingerprint density at radius 3 is 3.06 bits per heavy atom. The first-order valence-electron chi connectivity index (χ1n) is 6.16. The number of hydrogen-bond acceptors (Lipinski definition) is 3. The smallest absolute Gasteiger partial charge is 0.0949 e. The molecule has 3 nitrogen and oxygen atoms in total. The molecule has 0 aliphatic rings. The number of imidazole rings is 1. The lowest BCUT2D eigenvalue weighted by molar-refractivity contribution is 0.661. The fourth-order valence-electron chi connectivity index (χ4n) is 1.51. The Bertz CT molecular complexity index is 273. The van der Waals surface area contributed by atoms with Crippen molar-refractivity contribution < 1.29 is 0 Å². The maximum atomic E-state index is 4.38. The van der Waals surface area contributed by atoms with Crippen LogP contribution in [0.15, 0.2) is 12.5 Å². The van der Waals surface area contributed by atoms with E-state index in [-0.39, 0.29) is 0 Å². The summed E-state index contributed by atoms with van der Waals surface area (Å²) in [5.41, 5.74) is 1.15. The van der Waals surface area contributed by atoms with Crippen molar-refractivity contribution in [1.29, 1.82) is 0 Å². The van der Waals surface area contributed by atoms with Gasteiger partial charge in [0.25, 0.3) is 0 Å². The van der Waals surface area contributed by atoms with E-state index in [9.17, 15) is 0 Å². The van der Waals surface area contributed by atoms with Crippen molar-refractivity contribution in [2.45, 2.75) is 39.8 Å². The number of nitrogens with one attached hydrogen (secondary N) is 1. The highest BCUT2D eigenvalue weighted by Crippen LogP contribution is 2.03. The molecule has 1 N–H and O–H groups in total. The van der Waals surface area contributed by atoms with Gasteiger partial charge in [-0.3, -0.25) is 0 Å². The first-order chi connectivity index (χ1) is 7.86. The minimum atomic E-state index is 0.893. The molecule has 1 rings (SSSR count). The predicted molar refractivity (Wildman–Crippen MR) is 71.8 cm³/mol. The first-order valence-corrected chi connectivity index (χ1v) is 7.31. The minimum absolute atomic E-state index is 0.893. The summed E-state index contributed by atoms with van der Waals surface area (Å²) >= 11 is 2.00. The third-order valence-corrected chi connectivity index (χ3v) is 3.31. The lowest BCUT2D eigenvalue weighted by atomic mass is 10.4. The summed E-state index contributed by atoms with van der Waals surface area (Å²) < 4.78 is 2.19. The molecule has 1 aromatic heterocycles. The van der Waals surface area contributed by atoms with E-state index in [2.05, 4.69) is 34.9 Å². The molecule has 0 aromatic carbocycles. The quantitative estimate of drug-likeness (QED) is 0.674. The minimum Gasteiger partial charge on any atom is -0.337 e. The van der Waals surface area contributed by atoms with Crippen LogP contribution in [0.2, 0.25) is 0 Å². The number of aryl methyl sites for hydroxylation is 1. The van der Waals surface area contributed by atoms with Crippen molar-refractivity contribution in [3.05, 3.63) is 18.2 Å². The van der Waals surface area contributed by atoms with E-state index < -0.39 is 0 Å². The molecule has 1 aromatic rings. The van der Waals surface area contributed by atoms with Crippen LogP contribution < -0.4 is 5.32 Å². The van der Waals surface area contributed by atoms with Gasteiger partial charge in [0.05, 0.1) is 12.0 Å².